The van der Waals surface area contributed by atoms with Crippen LogP contribution in [0.3, 0.4) is 0 Å². The van der Waals surface area contributed by atoms with Crippen molar-refractivity contribution in [1.82, 2.24) is 9.62 Å². The summed E-state index contributed by atoms with van der Waals surface area (Å²) in [6, 6.07) is 0.802. The molecule has 0 aromatic rings. The predicted octanol–water partition coefficient (Wildman–Crippen LogP) is 1.34. The Labute approximate surface area is 150 Å². The smallest absolute Gasteiger partial charge is 0.475 e. The summed E-state index contributed by atoms with van der Waals surface area (Å²) in [5.41, 5.74) is -0.101. The molecule has 2 aliphatic heterocycles. The second-order valence-electron chi connectivity index (χ2n) is 7.22. The molecule has 3 rings (SSSR count). The van der Waals surface area contributed by atoms with Crippen molar-refractivity contribution in [2.24, 2.45) is 0 Å². The van der Waals surface area contributed by atoms with Gasteiger partial charge in [-0.3, -0.25) is 4.90 Å². The summed E-state index contributed by atoms with van der Waals surface area (Å²) in [6.07, 6.45) is 2.81. The lowest BCUT2D eigenvalue weighted by molar-refractivity contribution is -0.192. The van der Waals surface area contributed by atoms with E-state index in [1.807, 2.05) is 0 Å². The summed E-state index contributed by atoms with van der Waals surface area (Å²) in [6.45, 7) is 2.77. The van der Waals surface area contributed by atoms with Crippen molar-refractivity contribution >= 4 is 16.0 Å². The largest absolute Gasteiger partial charge is 0.490 e. The molecule has 11 heteroatoms. The molecule has 0 unspecified atom stereocenters. The zero-order chi connectivity index (χ0) is 19.6. The van der Waals surface area contributed by atoms with Gasteiger partial charge >= 0.3 is 12.1 Å². The van der Waals surface area contributed by atoms with Crippen molar-refractivity contribution in [2.75, 3.05) is 26.0 Å². The van der Waals surface area contributed by atoms with Gasteiger partial charge in [0, 0.05) is 31.8 Å². The van der Waals surface area contributed by atoms with Gasteiger partial charge in [0.15, 0.2) is 0 Å². The average molecular weight is 402 g/mol. The van der Waals surface area contributed by atoms with Crippen molar-refractivity contribution in [2.45, 2.75) is 62.4 Å². The normalized spacial score (nSPS) is 30.5. The molecular weight excluding hydrogens is 377 g/mol. The van der Waals surface area contributed by atoms with Crippen LogP contribution in [-0.2, 0) is 19.6 Å². The quantitative estimate of drug-likeness (QED) is 0.740. The molecule has 3 aliphatic rings. The monoisotopic (exact) mass is 402 g/mol. The molecule has 2 saturated heterocycles. The van der Waals surface area contributed by atoms with Crippen LogP contribution in [0.15, 0.2) is 0 Å². The maximum absolute atomic E-state index is 11.4. The number of hydrogen-bond donors (Lipinski definition) is 2. The van der Waals surface area contributed by atoms with Crippen molar-refractivity contribution in [3.63, 3.8) is 0 Å². The zero-order valence-electron chi connectivity index (χ0n) is 14.6. The molecule has 0 bridgehead atoms. The predicted molar refractivity (Wildman–Crippen MR) is 87.2 cm³/mol. The third-order valence-electron chi connectivity index (χ3n) is 5.05. The van der Waals surface area contributed by atoms with Gasteiger partial charge in [0.05, 0.1) is 11.9 Å². The van der Waals surface area contributed by atoms with Crippen molar-refractivity contribution in [1.29, 1.82) is 0 Å². The highest BCUT2D eigenvalue weighted by atomic mass is 32.2. The Balaban J connectivity index is 0.000000298. The number of sulfonamides is 1. The van der Waals surface area contributed by atoms with E-state index in [2.05, 4.69) is 9.62 Å². The standard InChI is InChI=1S/C13H24N2O3S.C2HF3O2/c1-19(16,17)14-11-5-8-18-13(9-11)6-7-15(10-13)12-3-2-4-12;3-2(4,5)1(6)7/h11-12,14H,2-10H2,1H3;(H,6,7)/t11-,13-;/m1./s1. The van der Waals surface area contributed by atoms with Crippen molar-refractivity contribution < 1.29 is 36.2 Å². The van der Waals surface area contributed by atoms with Gasteiger partial charge in [-0.25, -0.2) is 17.9 Å². The number of carboxylic acids is 1. The van der Waals surface area contributed by atoms with E-state index in [-0.39, 0.29) is 11.6 Å². The van der Waals surface area contributed by atoms with E-state index in [0.717, 1.165) is 38.4 Å². The topological polar surface area (TPSA) is 95.9 Å². The molecule has 1 aliphatic carbocycles. The Morgan fingerprint density at radius 3 is 2.38 bits per heavy atom. The highest BCUT2D eigenvalue weighted by molar-refractivity contribution is 7.88. The fourth-order valence-corrected chi connectivity index (χ4v) is 4.46. The van der Waals surface area contributed by atoms with Gasteiger partial charge in [0.2, 0.25) is 10.0 Å². The van der Waals surface area contributed by atoms with Crippen LogP contribution in [0.25, 0.3) is 0 Å². The molecule has 2 heterocycles. The summed E-state index contributed by atoms with van der Waals surface area (Å²) in [5, 5.41) is 7.12. The van der Waals surface area contributed by atoms with Crippen molar-refractivity contribution in [3.05, 3.63) is 0 Å². The Morgan fingerprint density at radius 1 is 1.31 bits per heavy atom. The first-order valence-electron chi connectivity index (χ1n) is 8.56. The number of likely N-dealkylation sites (tertiary alicyclic amines) is 1. The lowest BCUT2D eigenvalue weighted by Gasteiger charge is -2.40. The molecule has 2 N–H and O–H groups in total. The van der Waals surface area contributed by atoms with E-state index in [9.17, 15) is 21.6 Å². The third-order valence-corrected chi connectivity index (χ3v) is 5.81. The van der Waals surface area contributed by atoms with E-state index in [1.165, 1.54) is 25.5 Å². The first-order chi connectivity index (χ1) is 11.9. The van der Waals surface area contributed by atoms with Gasteiger partial charge in [-0.1, -0.05) is 6.42 Å². The molecule has 0 aromatic heterocycles. The molecule has 3 fully saturated rings. The fourth-order valence-electron chi connectivity index (χ4n) is 3.65. The average Bonchev–Trinajstić information content (AvgIpc) is 2.77. The second-order valence-corrected chi connectivity index (χ2v) is 9.00. The maximum atomic E-state index is 11.4. The number of carboxylic acid groups (broad SMARTS) is 1. The Kier molecular flexibility index (Phi) is 6.57. The minimum Gasteiger partial charge on any atom is -0.475 e. The summed E-state index contributed by atoms with van der Waals surface area (Å²) < 4.78 is 63.3. The first-order valence-corrected chi connectivity index (χ1v) is 10.4. The number of halogens is 3. The van der Waals surface area contributed by atoms with E-state index < -0.39 is 22.2 Å². The number of nitrogens with zero attached hydrogens (tertiary/aromatic N) is 1. The zero-order valence-corrected chi connectivity index (χ0v) is 15.4. The van der Waals surface area contributed by atoms with Crippen LogP contribution in [0.2, 0.25) is 0 Å². The lowest BCUT2D eigenvalue weighted by atomic mass is 9.89. The number of rotatable bonds is 3. The van der Waals surface area contributed by atoms with Gasteiger partial charge in [-0.05, 0) is 32.1 Å². The molecule has 152 valence electrons. The molecular formula is C15H25F3N2O5S. The molecule has 0 radical (unpaired) electrons. The highest BCUT2D eigenvalue weighted by Crippen LogP contribution is 2.38. The van der Waals surface area contributed by atoms with Gasteiger partial charge < -0.3 is 9.84 Å². The molecule has 0 aromatic carbocycles. The fraction of sp³-hybridized carbons (Fsp3) is 0.933. The third kappa shape index (κ3) is 6.07. The lowest BCUT2D eigenvalue weighted by Crippen LogP contribution is -2.50. The van der Waals surface area contributed by atoms with E-state index in [0.29, 0.717) is 6.61 Å². The minimum atomic E-state index is -5.08. The molecule has 26 heavy (non-hydrogen) atoms. The van der Waals surface area contributed by atoms with Crippen LogP contribution in [0, 0.1) is 0 Å². The summed E-state index contributed by atoms with van der Waals surface area (Å²) in [5.74, 6) is -2.76. The summed E-state index contributed by atoms with van der Waals surface area (Å²) in [7, 11) is -3.11. The number of carbonyl (C=O) groups is 1. The van der Waals surface area contributed by atoms with Gasteiger partial charge in [-0.15, -0.1) is 0 Å². The van der Waals surface area contributed by atoms with E-state index in [1.54, 1.807) is 0 Å². The van der Waals surface area contributed by atoms with Crippen LogP contribution in [-0.4, -0.2) is 74.2 Å². The summed E-state index contributed by atoms with van der Waals surface area (Å²) >= 11 is 0. The maximum Gasteiger partial charge on any atom is 0.490 e. The minimum absolute atomic E-state index is 0.0464. The Hall–Kier alpha value is -0.910. The van der Waals surface area contributed by atoms with Gasteiger partial charge in [0.1, 0.15) is 0 Å². The number of alkyl halides is 3. The number of ether oxygens (including phenoxy) is 1. The van der Waals surface area contributed by atoms with Crippen LogP contribution >= 0.6 is 0 Å². The molecule has 0 amide bonds. The first kappa shape index (κ1) is 21.4. The number of nitrogens with one attached hydrogen (secondary N) is 1. The second kappa shape index (κ2) is 7.99. The number of hydrogen-bond acceptors (Lipinski definition) is 5. The molecule has 1 spiro atoms. The molecule has 2 atom stereocenters. The molecule has 7 nitrogen and oxygen atoms in total. The van der Waals surface area contributed by atoms with Crippen molar-refractivity contribution in [3.8, 4) is 0 Å². The number of aliphatic carboxylic acids is 1. The molecule has 1 saturated carbocycles. The summed E-state index contributed by atoms with van der Waals surface area (Å²) in [4.78, 5) is 11.4. The highest BCUT2D eigenvalue weighted by Gasteiger charge is 2.45. The van der Waals surface area contributed by atoms with Crippen LogP contribution in [0.1, 0.15) is 38.5 Å². The van der Waals surface area contributed by atoms with Crippen LogP contribution in [0.4, 0.5) is 13.2 Å². The van der Waals surface area contributed by atoms with Crippen LogP contribution in [0.5, 0.6) is 0 Å². The SMILES string of the molecule is CS(=O)(=O)N[C@@H]1CCO[C@]2(CCN(C3CCC3)C2)C1.O=C(O)C(F)(F)F. The van der Waals surface area contributed by atoms with Gasteiger partial charge in [0.25, 0.3) is 0 Å². The van der Waals surface area contributed by atoms with E-state index in [4.69, 9.17) is 14.6 Å². The Bertz CT molecular complexity index is 609. The Morgan fingerprint density at radius 2 is 1.92 bits per heavy atom. The van der Waals surface area contributed by atoms with Gasteiger partial charge in [-0.2, -0.15) is 13.2 Å². The van der Waals surface area contributed by atoms with Crippen LogP contribution < -0.4 is 4.72 Å². The van der Waals surface area contributed by atoms with E-state index >= 15 is 0 Å².